The van der Waals surface area contributed by atoms with Gasteiger partial charge in [0.05, 0.1) is 14.2 Å². The Labute approximate surface area is 110 Å². The van der Waals surface area contributed by atoms with E-state index in [1.165, 1.54) is 5.56 Å². The highest BCUT2D eigenvalue weighted by atomic mass is 16.5. The summed E-state index contributed by atoms with van der Waals surface area (Å²) in [5.41, 5.74) is 8.35. The molecule has 0 saturated carbocycles. The molecule has 0 heterocycles. The minimum absolute atomic E-state index is 0.167. The maximum Gasteiger partial charge on any atom is 0.122 e. The fourth-order valence-electron chi connectivity index (χ4n) is 2.08. The molecule has 18 heavy (non-hydrogen) atoms. The van der Waals surface area contributed by atoms with Gasteiger partial charge < -0.3 is 15.2 Å². The van der Waals surface area contributed by atoms with E-state index in [0.717, 1.165) is 42.7 Å². The van der Waals surface area contributed by atoms with E-state index in [9.17, 15) is 0 Å². The van der Waals surface area contributed by atoms with Gasteiger partial charge in [0.2, 0.25) is 0 Å². The molecular formula is C15H25NO2. The lowest BCUT2D eigenvalue weighted by Crippen LogP contribution is -2.21. The van der Waals surface area contributed by atoms with E-state index in [1.54, 1.807) is 14.2 Å². The van der Waals surface area contributed by atoms with Crippen molar-refractivity contribution in [1.29, 1.82) is 0 Å². The molecule has 0 aliphatic carbocycles. The molecule has 1 atom stereocenters. The molecular weight excluding hydrogens is 226 g/mol. The summed E-state index contributed by atoms with van der Waals surface area (Å²) in [6.45, 7) is 4.26. The fraction of sp³-hybridized carbons (Fsp3) is 0.600. The third-order valence-corrected chi connectivity index (χ3v) is 3.21. The molecule has 0 bridgehead atoms. The van der Waals surface area contributed by atoms with Gasteiger partial charge in [-0.05, 0) is 42.5 Å². The van der Waals surface area contributed by atoms with Crippen LogP contribution >= 0.6 is 0 Å². The average Bonchev–Trinajstić information content (AvgIpc) is 2.39. The van der Waals surface area contributed by atoms with Gasteiger partial charge in [-0.3, -0.25) is 0 Å². The first kappa shape index (κ1) is 14.8. The van der Waals surface area contributed by atoms with Gasteiger partial charge in [0.25, 0.3) is 0 Å². The van der Waals surface area contributed by atoms with Gasteiger partial charge in [-0.15, -0.1) is 0 Å². The lowest BCUT2D eigenvalue weighted by atomic mass is 9.99. The quantitative estimate of drug-likeness (QED) is 0.810. The summed E-state index contributed by atoms with van der Waals surface area (Å²) in [6.07, 6.45) is 3.87. The van der Waals surface area contributed by atoms with Gasteiger partial charge in [0, 0.05) is 6.04 Å². The van der Waals surface area contributed by atoms with Crippen molar-refractivity contribution in [3.05, 3.63) is 23.3 Å². The third kappa shape index (κ3) is 3.64. The summed E-state index contributed by atoms with van der Waals surface area (Å²) in [5.74, 6) is 1.86. The third-order valence-electron chi connectivity index (χ3n) is 3.21. The van der Waals surface area contributed by atoms with Crippen LogP contribution in [0.15, 0.2) is 12.1 Å². The second-order valence-corrected chi connectivity index (χ2v) is 4.60. The summed E-state index contributed by atoms with van der Waals surface area (Å²) in [5, 5.41) is 0. The smallest absolute Gasteiger partial charge is 0.122 e. The van der Waals surface area contributed by atoms with Crippen molar-refractivity contribution in [2.45, 2.75) is 45.6 Å². The zero-order valence-electron chi connectivity index (χ0n) is 12.0. The molecule has 0 amide bonds. The molecule has 0 aromatic heterocycles. The van der Waals surface area contributed by atoms with E-state index in [-0.39, 0.29) is 6.04 Å². The zero-order valence-corrected chi connectivity index (χ0v) is 12.0. The van der Waals surface area contributed by atoms with Crippen LogP contribution in [0.1, 0.15) is 37.8 Å². The second-order valence-electron chi connectivity index (χ2n) is 4.60. The van der Waals surface area contributed by atoms with Crippen LogP contribution in [0.5, 0.6) is 11.5 Å². The Morgan fingerprint density at radius 2 is 1.61 bits per heavy atom. The van der Waals surface area contributed by atoms with E-state index in [4.69, 9.17) is 15.2 Å². The predicted molar refractivity (Wildman–Crippen MR) is 75.5 cm³/mol. The first-order chi connectivity index (χ1) is 8.65. The molecule has 1 rings (SSSR count). The van der Waals surface area contributed by atoms with Crippen molar-refractivity contribution in [2.24, 2.45) is 5.73 Å². The number of hydrogen-bond acceptors (Lipinski definition) is 3. The molecule has 1 aromatic rings. The van der Waals surface area contributed by atoms with Crippen LogP contribution in [0.2, 0.25) is 0 Å². The van der Waals surface area contributed by atoms with Crippen molar-refractivity contribution in [2.75, 3.05) is 14.2 Å². The summed E-state index contributed by atoms with van der Waals surface area (Å²) in [6, 6.07) is 4.32. The lowest BCUT2D eigenvalue weighted by molar-refractivity contribution is 0.393. The molecule has 3 nitrogen and oxygen atoms in total. The normalized spacial score (nSPS) is 12.3. The Bertz CT molecular complexity index is 377. The van der Waals surface area contributed by atoms with E-state index >= 15 is 0 Å². The highest BCUT2D eigenvalue weighted by molar-refractivity contribution is 5.47. The Balaban J connectivity index is 3.09. The lowest BCUT2D eigenvalue weighted by Gasteiger charge is -2.16. The molecule has 2 N–H and O–H groups in total. The monoisotopic (exact) mass is 251 g/mol. The Morgan fingerprint density at radius 1 is 1.06 bits per heavy atom. The molecule has 0 unspecified atom stereocenters. The number of aryl methyl sites for hydroxylation is 1. The van der Waals surface area contributed by atoms with Crippen molar-refractivity contribution in [3.63, 3.8) is 0 Å². The largest absolute Gasteiger partial charge is 0.496 e. The van der Waals surface area contributed by atoms with Gasteiger partial charge in [-0.2, -0.15) is 0 Å². The number of nitrogens with two attached hydrogens (primary N) is 1. The van der Waals surface area contributed by atoms with E-state index < -0.39 is 0 Å². The predicted octanol–water partition coefficient (Wildman–Crippen LogP) is 2.94. The molecule has 102 valence electrons. The van der Waals surface area contributed by atoms with Crippen LogP contribution in [0.25, 0.3) is 0 Å². The Morgan fingerprint density at radius 3 is 2.11 bits per heavy atom. The van der Waals surface area contributed by atoms with E-state index in [1.807, 2.05) is 0 Å². The highest BCUT2D eigenvalue weighted by Gasteiger charge is 2.12. The number of ether oxygens (including phenoxy) is 2. The molecule has 0 spiro atoms. The van der Waals surface area contributed by atoms with E-state index in [0.29, 0.717) is 0 Å². The Hall–Kier alpha value is -1.22. The topological polar surface area (TPSA) is 44.5 Å². The minimum Gasteiger partial charge on any atom is -0.496 e. The molecule has 3 heteroatoms. The van der Waals surface area contributed by atoms with Crippen LogP contribution in [-0.2, 0) is 12.8 Å². The number of methoxy groups -OCH3 is 2. The SMILES string of the molecule is CCCc1cc(OC)c(C[C@H](N)CC)cc1OC. The van der Waals surface area contributed by atoms with Gasteiger partial charge in [0.1, 0.15) is 11.5 Å². The zero-order chi connectivity index (χ0) is 13.5. The fourth-order valence-corrected chi connectivity index (χ4v) is 2.08. The molecule has 0 fully saturated rings. The van der Waals surface area contributed by atoms with Gasteiger partial charge in [-0.1, -0.05) is 20.3 Å². The summed E-state index contributed by atoms with van der Waals surface area (Å²) in [4.78, 5) is 0. The van der Waals surface area contributed by atoms with Crippen molar-refractivity contribution in [3.8, 4) is 11.5 Å². The second kappa shape index (κ2) is 7.27. The minimum atomic E-state index is 0.167. The van der Waals surface area contributed by atoms with E-state index in [2.05, 4.69) is 26.0 Å². The molecule has 0 aliphatic rings. The molecule has 0 radical (unpaired) electrons. The first-order valence-electron chi connectivity index (χ1n) is 6.65. The molecule has 0 saturated heterocycles. The molecule has 0 aliphatic heterocycles. The van der Waals surface area contributed by atoms with Crippen molar-refractivity contribution >= 4 is 0 Å². The maximum absolute atomic E-state index is 6.02. The average molecular weight is 251 g/mol. The van der Waals surface area contributed by atoms with Crippen LogP contribution in [0.4, 0.5) is 0 Å². The summed E-state index contributed by atoms with van der Waals surface area (Å²) < 4.78 is 10.9. The number of benzene rings is 1. The van der Waals surface area contributed by atoms with Crippen LogP contribution < -0.4 is 15.2 Å². The van der Waals surface area contributed by atoms with Gasteiger partial charge in [-0.25, -0.2) is 0 Å². The van der Waals surface area contributed by atoms with Gasteiger partial charge in [0.15, 0.2) is 0 Å². The van der Waals surface area contributed by atoms with Crippen molar-refractivity contribution < 1.29 is 9.47 Å². The standard InChI is InChI=1S/C15H25NO2/c1-5-7-11-9-15(18-4)12(8-13(16)6-2)10-14(11)17-3/h9-10,13H,5-8,16H2,1-4H3/t13-/m1/s1. The number of hydrogen-bond donors (Lipinski definition) is 1. The van der Waals surface area contributed by atoms with Crippen LogP contribution in [0.3, 0.4) is 0 Å². The summed E-state index contributed by atoms with van der Waals surface area (Å²) in [7, 11) is 3.42. The maximum atomic E-state index is 6.02. The van der Waals surface area contributed by atoms with Crippen LogP contribution in [-0.4, -0.2) is 20.3 Å². The van der Waals surface area contributed by atoms with Gasteiger partial charge >= 0.3 is 0 Å². The van der Waals surface area contributed by atoms with Crippen molar-refractivity contribution in [1.82, 2.24) is 0 Å². The first-order valence-corrected chi connectivity index (χ1v) is 6.65. The Kier molecular flexibility index (Phi) is 5.99. The number of rotatable bonds is 7. The van der Waals surface area contributed by atoms with Crippen LogP contribution in [0, 0.1) is 0 Å². The highest BCUT2D eigenvalue weighted by Crippen LogP contribution is 2.30. The summed E-state index contributed by atoms with van der Waals surface area (Å²) >= 11 is 0. The molecule has 1 aromatic carbocycles.